The maximum Gasteiger partial charge on any atom is 0.244 e. The number of nitrogens with zero attached hydrogens (tertiary/aromatic N) is 1. The third kappa shape index (κ3) is 3.81. The second kappa shape index (κ2) is 6.37. The largest absolute Gasteiger partial charge is 0.324 e. The zero-order valence-electron chi connectivity index (χ0n) is 12.7. The lowest BCUT2D eigenvalue weighted by Crippen LogP contribution is -2.54. The average molecular weight is 275 g/mol. The van der Waals surface area contributed by atoms with Crippen molar-refractivity contribution in [3.05, 3.63) is 29.8 Å². The molecule has 0 saturated carbocycles. The standard InChI is InChI=1S/C16H25N3O/c1-16(10-4-5-11-17-16)15(20)18-14-8-6-13(7-9-14)12-19(2)3/h6-9,17H,4-5,10-12H2,1-3H3,(H,18,20). The molecule has 1 aromatic carbocycles. The van der Waals surface area contributed by atoms with Gasteiger partial charge in [-0.2, -0.15) is 0 Å². The molecule has 110 valence electrons. The van der Waals surface area contributed by atoms with E-state index in [0.717, 1.165) is 38.0 Å². The number of hydrogen-bond acceptors (Lipinski definition) is 3. The van der Waals surface area contributed by atoms with Gasteiger partial charge in [-0.15, -0.1) is 0 Å². The Hall–Kier alpha value is -1.39. The fourth-order valence-corrected chi connectivity index (χ4v) is 2.58. The van der Waals surface area contributed by atoms with Crippen LogP contribution in [-0.2, 0) is 11.3 Å². The van der Waals surface area contributed by atoms with E-state index in [1.807, 2.05) is 33.2 Å². The van der Waals surface area contributed by atoms with E-state index in [-0.39, 0.29) is 5.91 Å². The van der Waals surface area contributed by atoms with Crippen molar-refractivity contribution in [3.8, 4) is 0 Å². The first-order chi connectivity index (χ1) is 9.49. The Morgan fingerprint density at radius 3 is 2.55 bits per heavy atom. The molecule has 2 N–H and O–H groups in total. The number of carbonyl (C=O) groups is 1. The molecule has 0 bridgehead atoms. The summed E-state index contributed by atoms with van der Waals surface area (Å²) in [5.74, 6) is 0.0672. The fraction of sp³-hybridized carbons (Fsp3) is 0.562. The molecule has 1 fully saturated rings. The van der Waals surface area contributed by atoms with Gasteiger partial charge in [-0.3, -0.25) is 4.79 Å². The number of hydrogen-bond donors (Lipinski definition) is 2. The summed E-state index contributed by atoms with van der Waals surface area (Å²) in [6.07, 6.45) is 3.17. The van der Waals surface area contributed by atoms with E-state index in [1.54, 1.807) is 0 Å². The van der Waals surface area contributed by atoms with Gasteiger partial charge in [-0.05, 0) is 64.5 Å². The van der Waals surface area contributed by atoms with Crippen molar-refractivity contribution >= 4 is 11.6 Å². The minimum Gasteiger partial charge on any atom is -0.324 e. The monoisotopic (exact) mass is 275 g/mol. The number of nitrogens with one attached hydrogen (secondary N) is 2. The zero-order chi connectivity index (χ0) is 14.6. The first kappa shape index (κ1) is 15.0. The van der Waals surface area contributed by atoms with E-state index in [9.17, 15) is 4.79 Å². The summed E-state index contributed by atoms with van der Waals surface area (Å²) in [6, 6.07) is 8.07. The predicted molar refractivity (Wildman–Crippen MR) is 82.7 cm³/mol. The second-order valence-electron chi connectivity index (χ2n) is 6.10. The molecule has 1 amide bonds. The molecule has 4 heteroatoms. The lowest BCUT2D eigenvalue weighted by atomic mass is 9.90. The van der Waals surface area contributed by atoms with Gasteiger partial charge >= 0.3 is 0 Å². The predicted octanol–water partition coefficient (Wildman–Crippen LogP) is 2.22. The van der Waals surface area contributed by atoms with Crippen LogP contribution in [-0.4, -0.2) is 37.0 Å². The molecule has 0 aliphatic carbocycles. The number of benzene rings is 1. The topological polar surface area (TPSA) is 44.4 Å². The Labute approximate surface area is 121 Å². The third-order valence-electron chi connectivity index (χ3n) is 3.83. The maximum atomic E-state index is 12.4. The molecule has 1 heterocycles. The first-order valence-corrected chi connectivity index (χ1v) is 7.30. The molecule has 1 unspecified atom stereocenters. The number of carbonyl (C=O) groups excluding carboxylic acids is 1. The fourth-order valence-electron chi connectivity index (χ4n) is 2.58. The number of amides is 1. The Morgan fingerprint density at radius 2 is 2.00 bits per heavy atom. The van der Waals surface area contributed by atoms with Gasteiger partial charge in [0.2, 0.25) is 5.91 Å². The van der Waals surface area contributed by atoms with Gasteiger partial charge in [0, 0.05) is 12.2 Å². The second-order valence-corrected chi connectivity index (χ2v) is 6.10. The summed E-state index contributed by atoms with van der Waals surface area (Å²) in [7, 11) is 4.09. The highest BCUT2D eigenvalue weighted by molar-refractivity contribution is 5.97. The molecular formula is C16H25N3O. The van der Waals surface area contributed by atoms with Gasteiger partial charge < -0.3 is 15.5 Å². The molecule has 0 aromatic heterocycles. The molecule has 1 aliphatic heterocycles. The molecule has 1 saturated heterocycles. The van der Waals surface area contributed by atoms with E-state index < -0.39 is 5.54 Å². The van der Waals surface area contributed by atoms with Crippen molar-refractivity contribution in [3.63, 3.8) is 0 Å². The number of piperidine rings is 1. The quantitative estimate of drug-likeness (QED) is 0.885. The smallest absolute Gasteiger partial charge is 0.244 e. The van der Waals surface area contributed by atoms with Gasteiger partial charge in [-0.1, -0.05) is 12.1 Å². The SMILES string of the molecule is CN(C)Cc1ccc(NC(=O)C2(C)CCCCN2)cc1. The lowest BCUT2D eigenvalue weighted by molar-refractivity contribution is -0.122. The number of rotatable bonds is 4. The van der Waals surface area contributed by atoms with Crippen LogP contribution in [0.25, 0.3) is 0 Å². The highest BCUT2D eigenvalue weighted by atomic mass is 16.2. The summed E-state index contributed by atoms with van der Waals surface area (Å²) in [5.41, 5.74) is 1.68. The molecule has 4 nitrogen and oxygen atoms in total. The normalized spacial score (nSPS) is 22.8. The zero-order valence-corrected chi connectivity index (χ0v) is 12.7. The highest BCUT2D eigenvalue weighted by Gasteiger charge is 2.34. The Morgan fingerprint density at radius 1 is 1.30 bits per heavy atom. The highest BCUT2D eigenvalue weighted by Crippen LogP contribution is 2.21. The van der Waals surface area contributed by atoms with E-state index in [1.165, 1.54) is 5.56 Å². The summed E-state index contributed by atoms with van der Waals surface area (Å²) < 4.78 is 0. The molecule has 1 aliphatic rings. The van der Waals surface area contributed by atoms with Crippen LogP contribution in [0.4, 0.5) is 5.69 Å². The summed E-state index contributed by atoms with van der Waals surface area (Å²) in [6.45, 7) is 3.82. The van der Waals surface area contributed by atoms with E-state index in [4.69, 9.17) is 0 Å². The van der Waals surface area contributed by atoms with Crippen LogP contribution in [0.15, 0.2) is 24.3 Å². The Balaban J connectivity index is 1.97. The van der Waals surface area contributed by atoms with Crippen molar-refractivity contribution in [1.29, 1.82) is 0 Å². The van der Waals surface area contributed by atoms with Gasteiger partial charge in [0.05, 0.1) is 5.54 Å². The Bertz CT molecular complexity index is 447. The summed E-state index contributed by atoms with van der Waals surface area (Å²) in [4.78, 5) is 14.5. The van der Waals surface area contributed by atoms with E-state index in [0.29, 0.717) is 0 Å². The summed E-state index contributed by atoms with van der Waals surface area (Å²) >= 11 is 0. The lowest BCUT2D eigenvalue weighted by Gasteiger charge is -2.33. The van der Waals surface area contributed by atoms with Crippen LogP contribution in [0.1, 0.15) is 31.7 Å². The van der Waals surface area contributed by atoms with Gasteiger partial charge in [0.25, 0.3) is 0 Å². The number of anilines is 1. The molecule has 1 atom stereocenters. The summed E-state index contributed by atoms with van der Waals surface area (Å²) in [5, 5.41) is 6.35. The van der Waals surface area contributed by atoms with Crippen molar-refractivity contribution < 1.29 is 4.79 Å². The van der Waals surface area contributed by atoms with Gasteiger partial charge in [-0.25, -0.2) is 0 Å². The van der Waals surface area contributed by atoms with Gasteiger partial charge in [0.15, 0.2) is 0 Å². The molecule has 0 radical (unpaired) electrons. The third-order valence-corrected chi connectivity index (χ3v) is 3.83. The molecule has 2 rings (SSSR count). The minimum atomic E-state index is -0.430. The van der Waals surface area contributed by atoms with Crippen LogP contribution in [0, 0.1) is 0 Å². The van der Waals surface area contributed by atoms with Crippen molar-refractivity contribution in [2.75, 3.05) is 26.0 Å². The Kier molecular flexibility index (Phi) is 4.78. The van der Waals surface area contributed by atoms with Crippen LogP contribution in [0.5, 0.6) is 0 Å². The maximum absolute atomic E-state index is 12.4. The van der Waals surface area contributed by atoms with E-state index >= 15 is 0 Å². The molecule has 1 aromatic rings. The van der Waals surface area contributed by atoms with Crippen LogP contribution >= 0.6 is 0 Å². The van der Waals surface area contributed by atoms with Gasteiger partial charge in [0.1, 0.15) is 0 Å². The average Bonchev–Trinajstić information content (AvgIpc) is 2.41. The van der Waals surface area contributed by atoms with Crippen molar-refractivity contribution in [2.24, 2.45) is 0 Å². The van der Waals surface area contributed by atoms with Crippen molar-refractivity contribution in [2.45, 2.75) is 38.3 Å². The minimum absolute atomic E-state index is 0.0672. The molecule has 0 spiro atoms. The van der Waals surface area contributed by atoms with E-state index in [2.05, 4.69) is 27.7 Å². The first-order valence-electron chi connectivity index (χ1n) is 7.30. The van der Waals surface area contributed by atoms with Crippen LogP contribution < -0.4 is 10.6 Å². The van der Waals surface area contributed by atoms with Crippen LogP contribution in [0.2, 0.25) is 0 Å². The molecule has 20 heavy (non-hydrogen) atoms. The van der Waals surface area contributed by atoms with Crippen molar-refractivity contribution in [1.82, 2.24) is 10.2 Å². The molecular weight excluding hydrogens is 250 g/mol. The van der Waals surface area contributed by atoms with Crippen LogP contribution in [0.3, 0.4) is 0 Å².